The van der Waals surface area contributed by atoms with E-state index in [-0.39, 0.29) is 36.6 Å². The summed E-state index contributed by atoms with van der Waals surface area (Å²) < 4.78 is 13.3. The Balaban J connectivity index is 2.33. The van der Waals surface area contributed by atoms with Gasteiger partial charge in [-0.15, -0.1) is 0 Å². The van der Waals surface area contributed by atoms with Crippen molar-refractivity contribution in [2.75, 3.05) is 0 Å². The zero-order chi connectivity index (χ0) is 21.6. The average Bonchev–Trinajstić information content (AvgIpc) is 2.65. The lowest BCUT2D eigenvalue weighted by Crippen LogP contribution is -2.50. The van der Waals surface area contributed by atoms with Crippen molar-refractivity contribution < 1.29 is 14.0 Å². The average molecular weight is 399 g/mol. The lowest BCUT2D eigenvalue weighted by atomic mass is 10.0. The highest BCUT2D eigenvalue weighted by molar-refractivity contribution is 5.88. The maximum absolute atomic E-state index is 13.3. The number of halogens is 1. The van der Waals surface area contributed by atoms with Crippen LogP contribution in [0.15, 0.2) is 42.5 Å². The third-order valence-corrected chi connectivity index (χ3v) is 4.93. The number of amides is 2. The minimum Gasteiger partial charge on any atom is -0.352 e. The van der Waals surface area contributed by atoms with E-state index in [0.29, 0.717) is 6.42 Å². The highest BCUT2D eigenvalue weighted by Crippen LogP contribution is 2.18. The molecule has 0 aliphatic rings. The number of rotatable bonds is 8. The van der Waals surface area contributed by atoms with Gasteiger partial charge in [0, 0.05) is 12.6 Å². The third kappa shape index (κ3) is 6.41. The van der Waals surface area contributed by atoms with E-state index in [4.69, 9.17) is 0 Å². The van der Waals surface area contributed by atoms with Crippen LogP contribution in [0.3, 0.4) is 0 Å². The fraction of sp³-hybridized carbons (Fsp3) is 0.417. The van der Waals surface area contributed by atoms with Crippen molar-refractivity contribution in [2.24, 2.45) is 0 Å². The predicted octanol–water partition coefficient (Wildman–Crippen LogP) is 4.32. The van der Waals surface area contributed by atoms with Gasteiger partial charge in [-0.2, -0.15) is 0 Å². The lowest BCUT2D eigenvalue weighted by Gasteiger charge is -2.31. The van der Waals surface area contributed by atoms with Gasteiger partial charge in [0.25, 0.3) is 0 Å². The fourth-order valence-corrected chi connectivity index (χ4v) is 3.34. The van der Waals surface area contributed by atoms with E-state index in [9.17, 15) is 14.0 Å². The topological polar surface area (TPSA) is 49.4 Å². The molecule has 0 unspecified atom stereocenters. The summed E-state index contributed by atoms with van der Waals surface area (Å²) in [4.78, 5) is 27.7. The first-order chi connectivity index (χ1) is 13.7. The van der Waals surface area contributed by atoms with Gasteiger partial charge in [0.1, 0.15) is 11.9 Å². The van der Waals surface area contributed by atoms with Gasteiger partial charge in [0.15, 0.2) is 0 Å². The molecule has 5 heteroatoms. The lowest BCUT2D eigenvalue weighted by molar-refractivity contribution is -0.141. The summed E-state index contributed by atoms with van der Waals surface area (Å²) in [7, 11) is 0. The van der Waals surface area contributed by atoms with Gasteiger partial charge in [-0.3, -0.25) is 9.59 Å². The molecule has 0 bridgehead atoms. The number of carbonyl (C=O) groups is 2. The Bertz CT molecular complexity index is 846. The van der Waals surface area contributed by atoms with Crippen LogP contribution in [0.4, 0.5) is 4.39 Å². The number of nitrogens with one attached hydrogen (secondary N) is 1. The van der Waals surface area contributed by atoms with Crippen molar-refractivity contribution in [1.29, 1.82) is 0 Å². The molecule has 0 aliphatic carbocycles. The molecule has 0 radical (unpaired) electrons. The highest BCUT2D eigenvalue weighted by Gasteiger charge is 2.29. The first-order valence-corrected chi connectivity index (χ1v) is 10.1. The van der Waals surface area contributed by atoms with Gasteiger partial charge >= 0.3 is 0 Å². The van der Waals surface area contributed by atoms with Crippen LogP contribution in [0.2, 0.25) is 0 Å². The van der Waals surface area contributed by atoms with E-state index in [1.807, 2.05) is 52.8 Å². The fourth-order valence-electron chi connectivity index (χ4n) is 3.34. The summed E-state index contributed by atoms with van der Waals surface area (Å²) in [5.41, 5.74) is 3.88. The van der Waals surface area contributed by atoms with Crippen LogP contribution in [0.1, 0.15) is 49.4 Å². The Morgan fingerprint density at radius 3 is 2.31 bits per heavy atom. The zero-order valence-corrected chi connectivity index (χ0v) is 18.0. The monoisotopic (exact) mass is 398 g/mol. The van der Waals surface area contributed by atoms with Crippen LogP contribution in [0, 0.1) is 19.7 Å². The van der Waals surface area contributed by atoms with Crippen molar-refractivity contribution in [3.8, 4) is 0 Å². The predicted molar refractivity (Wildman–Crippen MR) is 114 cm³/mol. The minimum atomic E-state index is -0.583. The molecule has 4 nitrogen and oxygen atoms in total. The van der Waals surface area contributed by atoms with Gasteiger partial charge in [-0.05, 0) is 62.9 Å². The molecule has 156 valence electrons. The molecule has 1 atom stereocenters. The maximum Gasteiger partial charge on any atom is 0.243 e. The number of nitrogens with zero attached hydrogens (tertiary/aromatic N) is 1. The highest BCUT2D eigenvalue weighted by atomic mass is 19.1. The second-order valence-corrected chi connectivity index (χ2v) is 7.84. The first kappa shape index (κ1) is 22.6. The number of hydrogen-bond acceptors (Lipinski definition) is 2. The van der Waals surface area contributed by atoms with Crippen LogP contribution >= 0.6 is 0 Å². The number of aryl methyl sites for hydroxylation is 2. The van der Waals surface area contributed by atoms with Crippen molar-refractivity contribution in [3.05, 3.63) is 70.5 Å². The van der Waals surface area contributed by atoms with Crippen LogP contribution in [0.5, 0.6) is 0 Å². The van der Waals surface area contributed by atoms with Gasteiger partial charge in [0.2, 0.25) is 11.8 Å². The second kappa shape index (κ2) is 10.2. The van der Waals surface area contributed by atoms with Gasteiger partial charge in [0.05, 0.1) is 6.42 Å². The molecule has 0 heterocycles. The Morgan fingerprint density at radius 2 is 1.72 bits per heavy atom. The summed E-state index contributed by atoms with van der Waals surface area (Å²) in [6.07, 6.45) is 0.721. The molecule has 1 N–H and O–H groups in total. The quantitative estimate of drug-likeness (QED) is 0.720. The Labute approximate surface area is 173 Å². The number of hydrogen-bond donors (Lipinski definition) is 1. The number of benzene rings is 2. The molecule has 2 aromatic carbocycles. The standard InChI is InChI=1S/C24H31FN2O2/c1-6-22(24(29)26-16(2)3)27(15-19-9-11-21(25)12-10-19)23(28)14-20-13-17(4)7-8-18(20)5/h7-13,16,22H,6,14-15H2,1-5H3,(H,26,29)/t22-/m0/s1. The molecule has 0 saturated heterocycles. The van der Waals surface area contributed by atoms with E-state index in [1.54, 1.807) is 17.0 Å². The zero-order valence-electron chi connectivity index (χ0n) is 18.0. The molecule has 2 amide bonds. The Kier molecular flexibility index (Phi) is 7.94. The van der Waals surface area contributed by atoms with Crippen LogP contribution in [0.25, 0.3) is 0 Å². The summed E-state index contributed by atoms with van der Waals surface area (Å²) in [5, 5.41) is 2.92. The first-order valence-electron chi connectivity index (χ1n) is 10.1. The van der Waals surface area contributed by atoms with Gasteiger partial charge < -0.3 is 10.2 Å². The molecule has 0 aromatic heterocycles. The molecular formula is C24H31FN2O2. The molecule has 0 aliphatic heterocycles. The molecule has 29 heavy (non-hydrogen) atoms. The SMILES string of the molecule is CC[C@@H](C(=O)NC(C)C)N(Cc1ccc(F)cc1)C(=O)Cc1cc(C)ccc1C. The van der Waals surface area contributed by atoms with Crippen LogP contribution in [-0.4, -0.2) is 28.8 Å². The second-order valence-electron chi connectivity index (χ2n) is 7.84. The normalized spacial score (nSPS) is 12.0. The molecule has 0 saturated carbocycles. The van der Waals surface area contributed by atoms with E-state index >= 15 is 0 Å². The molecule has 2 rings (SSSR count). The van der Waals surface area contributed by atoms with Crippen molar-refractivity contribution in [1.82, 2.24) is 10.2 Å². The van der Waals surface area contributed by atoms with E-state index in [1.165, 1.54) is 12.1 Å². The van der Waals surface area contributed by atoms with Crippen molar-refractivity contribution in [3.63, 3.8) is 0 Å². The van der Waals surface area contributed by atoms with Crippen LogP contribution < -0.4 is 5.32 Å². The maximum atomic E-state index is 13.3. The third-order valence-electron chi connectivity index (χ3n) is 4.93. The van der Waals surface area contributed by atoms with Gasteiger partial charge in [-0.25, -0.2) is 4.39 Å². The molecule has 0 spiro atoms. The molecular weight excluding hydrogens is 367 g/mol. The smallest absolute Gasteiger partial charge is 0.243 e. The van der Waals surface area contributed by atoms with E-state index in [2.05, 4.69) is 5.32 Å². The van der Waals surface area contributed by atoms with E-state index < -0.39 is 6.04 Å². The van der Waals surface area contributed by atoms with Crippen LogP contribution in [-0.2, 0) is 22.6 Å². The largest absolute Gasteiger partial charge is 0.352 e. The molecule has 0 fully saturated rings. The van der Waals surface area contributed by atoms with Crippen molar-refractivity contribution in [2.45, 2.75) is 66.1 Å². The molecule has 2 aromatic rings. The summed E-state index contributed by atoms with van der Waals surface area (Å²) >= 11 is 0. The summed E-state index contributed by atoms with van der Waals surface area (Å²) in [5.74, 6) is -0.612. The van der Waals surface area contributed by atoms with Crippen molar-refractivity contribution >= 4 is 11.8 Å². The number of carbonyl (C=O) groups excluding carboxylic acids is 2. The van der Waals surface area contributed by atoms with Gasteiger partial charge in [-0.1, -0.05) is 42.8 Å². The summed E-state index contributed by atoms with van der Waals surface area (Å²) in [6, 6.07) is 11.5. The minimum absolute atomic E-state index is 0.0154. The Hall–Kier alpha value is -2.69. The Morgan fingerprint density at radius 1 is 1.07 bits per heavy atom. The van der Waals surface area contributed by atoms with E-state index in [0.717, 1.165) is 22.3 Å². The summed E-state index contributed by atoms with van der Waals surface area (Å²) in [6.45, 7) is 9.92.